The van der Waals surface area contributed by atoms with Crippen molar-refractivity contribution in [1.82, 2.24) is 10.2 Å². The van der Waals surface area contributed by atoms with Crippen molar-refractivity contribution in [3.8, 4) is 23.0 Å². The number of nitrogens with one attached hydrogen (secondary N) is 1. The molecule has 0 saturated heterocycles. The van der Waals surface area contributed by atoms with Crippen LogP contribution in [0.1, 0.15) is 51.0 Å². The number of amides is 2. The van der Waals surface area contributed by atoms with E-state index in [0.717, 1.165) is 37.0 Å². The summed E-state index contributed by atoms with van der Waals surface area (Å²) in [5.74, 6) is 1.90. The number of nitrogens with zero attached hydrogens (tertiary/aromatic N) is 1. The molecule has 1 aliphatic rings. The molecule has 1 saturated carbocycles. The number of methoxy groups -OCH3 is 3. The Morgan fingerprint density at radius 2 is 1.47 bits per heavy atom. The van der Waals surface area contributed by atoms with Crippen molar-refractivity contribution >= 4 is 11.8 Å². The second-order valence-electron chi connectivity index (χ2n) is 8.97. The van der Waals surface area contributed by atoms with E-state index in [1.807, 2.05) is 31.2 Å². The van der Waals surface area contributed by atoms with Gasteiger partial charge in [0.1, 0.15) is 29.0 Å². The predicted octanol–water partition coefficient (Wildman–Crippen LogP) is 4.35. The van der Waals surface area contributed by atoms with Gasteiger partial charge in [-0.1, -0.05) is 38.3 Å². The van der Waals surface area contributed by atoms with Crippen LogP contribution in [0.3, 0.4) is 0 Å². The highest BCUT2D eigenvalue weighted by Crippen LogP contribution is 2.27. The smallest absolute Gasteiger partial charge is 0.261 e. The van der Waals surface area contributed by atoms with Crippen LogP contribution in [0.4, 0.5) is 0 Å². The molecular formula is C28H38N2O6. The Morgan fingerprint density at radius 1 is 0.889 bits per heavy atom. The molecule has 1 atom stereocenters. The van der Waals surface area contributed by atoms with Gasteiger partial charge in [0.05, 0.1) is 21.3 Å². The number of hydrogen-bond acceptors (Lipinski definition) is 6. The number of hydrogen-bond donors (Lipinski definition) is 1. The second-order valence-corrected chi connectivity index (χ2v) is 8.97. The number of ether oxygens (including phenoxy) is 4. The van der Waals surface area contributed by atoms with E-state index in [4.69, 9.17) is 18.9 Å². The molecule has 1 N–H and O–H groups in total. The first-order chi connectivity index (χ1) is 17.5. The van der Waals surface area contributed by atoms with Gasteiger partial charge in [-0.3, -0.25) is 9.59 Å². The zero-order valence-corrected chi connectivity index (χ0v) is 21.7. The predicted molar refractivity (Wildman–Crippen MR) is 138 cm³/mol. The summed E-state index contributed by atoms with van der Waals surface area (Å²) in [5, 5.41) is 3.19. The monoisotopic (exact) mass is 498 g/mol. The third-order valence-electron chi connectivity index (χ3n) is 6.54. The lowest BCUT2D eigenvalue weighted by Gasteiger charge is -2.32. The minimum atomic E-state index is -0.607. The quantitative estimate of drug-likeness (QED) is 0.468. The largest absolute Gasteiger partial charge is 0.497 e. The lowest BCUT2D eigenvalue weighted by atomic mass is 9.95. The summed E-state index contributed by atoms with van der Waals surface area (Å²) in [4.78, 5) is 28.4. The Labute approximate surface area is 213 Å². The molecule has 0 heterocycles. The van der Waals surface area contributed by atoms with Crippen molar-refractivity contribution in [3.63, 3.8) is 0 Å². The van der Waals surface area contributed by atoms with Crippen molar-refractivity contribution in [2.45, 2.75) is 64.1 Å². The zero-order valence-electron chi connectivity index (χ0n) is 21.7. The molecule has 1 aliphatic carbocycles. The van der Waals surface area contributed by atoms with Gasteiger partial charge in [-0.2, -0.15) is 0 Å². The molecule has 0 aliphatic heterocycles. The Bertz CT molecular complexity index is 966. The maximum Gasteiger partial charge on any atom is 0.261 e. The molecule has 36 heavy (non-hydrogen) atoms. The summed E-state index contributed by atoms with van der Waals surface area (Å²) in [7, 11) is 4.71. The van der Waals surface area contributed by atoms with Crippen molar-refractivity contribution in [3.05, 3.63) is 48.0 Å². The first kappa shape index (κ1) is 27.2. The summed E-state index contributed by atoms with van der Waals surface area (Å²) in [6.07, 6.45) is 5.90. The van der Waals surface area contributed by atoms with Crippen LogP contribution < -0.4 is 24.3 Å². The van der Waals surface area contributed by atoms with Crippen molar-refractivity contribution in [2.24, 2.45) is 0 Å². The maximum absolute atomic E-state index is 13.5. The molecule has 0 aromatic heterocycles. The van der Waals surface area contributed by atoms with Crippen LogP contribution in [-0.2, 0) is 16.1 Å². The molecule has 2 aromatic rings. The second kappa shape index (κ2) is 13.6. The summed E-state index contributed by atoms with van der Waals surface area (Å²) in [6, 6.07) is 12.2. The summed E-state index contributed by atoms with van der Waals surface area (Å²) < 4.78 is 21.7. The lowest BCUT2D eigenvalue weighted by molar-refractivity contribution is -0.143. The van der Waals surface area contributed by atoms with Crippen LogP contribution in [0, 0.1) is 0 Å². The molecule has 0 bridgehead atoms. The topological polar surface area (TPSA) is 86.3 Å². The average Bonchev–Trinajstić information content (AvgIpc) is 2.92. The minimum Gasteiger partial charge on any atom is -0.497 e. The van der Waals surface area contributed by atoms with Gasteiger partial charge < -0.3 is 29.2 Å². The van der Waals surface area contributed by atoms with E-state index in [1.165, 1.54) is 6.42 Å². The summed E-state index contributed by atoms with van der Waals surface area (Å²) in [6.45, 7) is 1.98. The number of carbonyl (C=O) groups excluding carboxylic acids is 2. The molecule has 1 fully saturated rings. The summed E-state index contributed by atoms with van der Waals surface area (Å²) in [5.41, 5.74) is 0.899. The Balaban J connectivity index is 1.78. The summed E-state index contributed by atoms with van der Waals surface area (Å²) >= 11 is 0. The Kier molecular flexibility index (Phi) is 10.3. The third-order valence-corrected chi connectivity index (χ3v) is 6.54. The SMILES string of the molecule is CC[C@H](C(=O)NC1CCCCC1)N(Cc1ccc(OC)cc1)C(=O)COc1cc(OC)cc(OC)c1. The number of carbonyl (C=O) groups is 2. The molecule has 2 amide bonds. The highest BCUT2D eigenvalue weighted by atomic mass is 16.5. The van der Waals surface area contributed by atoms with E-state index in [2.05, 4.69) is 5.32 Å². The van der Waals surface area contributed by atoms with Crippen LogP contribution in [0.25, 0.3) is 0 Å². The molecule has 3 rings (SSSR count). The highest BCUT2D eigenvalue weighted by molar-refractivity contribution is 5.88. The number of benzene rings is 2. The van der Waals surface area contributed by atoms with Crippen LogP contribution in [0.5, 0.6) is 23.0 Å². The molecule has 196 valence electrons. The molecule has 8 nitrogen and oxygen atoms in total. The first-order valence-corrected chi connectivity index (χ1v) is 12.6. The Morgan fingerprint density at radius 3 is 2.03 bits per heavy atom. The van der Waals surface area contributed by atoms with Gasteiger partial charge in [-0.15, -0.1) is 0 Å². The van der Waals surface area contributed by atoms with E-state index < -0.39 is 6.04 Å². The van der Waals surface area contributed by atoms with Crippen molar-refractivity contribution < 1.29 is 28.5 Å². The van der Waals surface area contributed by atoms with Crippen molar-refractivity contribution in [2.75, 3.05) is 27.9 Å². The van der Waals surface area contributed by atoms with Gasteiger partial charge in [0.25, 0.3) is 5.91 Å². The molecule has 0 unspecified atom stereocenters. The fraction of sp³-hybridized carbons (Fsp3) is 0.500. The fourth-order valence-electron chi connectivity index (χ4n) is 4.48. The van der Waals surface area contributed by atoms with Gasteiger partial charge in [-0.25, -0.2) is 0 Å². The molecule has 0 radical (unpaired) electrons. The normalized spacial score (nSPS) is 14.4. The standard InChI is InChI=1S/C28H38N2O6/c1-5-26(28(32)29-21-9-7-6-8-10-21)30(18-20-11-13-22(33-2)14-12-20)27(31)19-36-25-16-23(34-3)15-24(17-25)35-4/h11-17,21,26H,5-10,18-19H2,1-4H3,(H,29,32)/t26-/m1/s1. The van der Waals surface area contributed by atoms with Crippen LogP contribution in [0.15, 0.2) is 42.5 Å². The lowest BCUT2D eigenvalue weighted by Crippen LogP contribution is -2.52. The van der Waals surface area contributed by atoms with E-state index in [9.17, 15) is 9.59 Å². The highest BCUT2D eigenvalue weighted by Gasteiger charge is 2.30. The minimum absolute atomic E-state index is 0.116. The van der Waals surface area contributed by atoms with Gasteiger partial charge in [0, 0.05) is 30.8 Å². The van der Waals surface area contributed by atoms with Crippen molar-refractivity contribution in [1.29, 1.82) is 0 Å². The molecule has 8 heteroatoms. The average molecular weight is 499 g/mol. The first-order valence-electron chi connectivity index (χ1n) is 12.6. The number of rotatable bonds is 12. The van der Waals surface area contributed by atoms with Crippen LogP contribution in [0.2, 0.25) is 0 Å². The van der Waals surface area contributed by atoms with Gasteiger partial charge >= 0.3 is 0 Å². The zero-order chi connectivity index (χ0) is 25.9. The van der Waals surface area contributed by atoms with E-state index >= 15 is 0 Å². The van der Waals surface area contributed by atoms with Gasteiger partial charge in [0.15, 0.2) is 6.61 Å². The maximum atomic E-state index is 13.5. The van der Waals surface area contributed by atoms with Crippen LogP contribution >= 0.6 is 0 Å². The van der Waals surface area contributed by atoms with Gasteiger partial charge in [0.2, 0.25) is 5.91 Å². The third kappa shape index (κ3) is 7.54. The fourth-order valence-corrected chi connectivity index (χ4v) is 4.48. The van der Waals surface area contributed by atoms with E-state index in [1.54, 1.807) is 44.4 Å². The van der Waals surface area contributed by atoms with Gasteiger partial charge in [-0.05, 0) is 37.0 Å². The van der Waals surface area contributed by atoms with E-state index in [-0.39, 0.29) is 31.0 Å². The van der Waals surface area contributed by atoms with Crippen LogP contribution in [-0.4, -0.2) is 56.7 Å². The Hall–Kier alpha value is -3.42. The molecular weight excluding hydrogens is 460 g/mol. The molecule has 2 aromatic carbocycles. The van der Waals surface area contributed by atoms with E-state index in [0.29, 0.717) is 23.7 Å². The molecule has 0 spiro atoms.